The van der Waals surface area contributed by atoms with E-state index < -0.39 is 0 Å². The van der Waals surface area contributed by atoms with Crippen molar-refractivity contribution in [3.63, 3.8) is 0 Å². The Morgan fingerprint density at radius 1 is 1.38 bits per heavy atom. The second-order valence-corrected chi connectivity index (χ2v) is 7.31. The molecule has 0 saturated heterocycles. The minimum absolute atomic E-state index is 0.214. The third-order valence-electron chi connectivity index (χ3n) is 4.58. The van der Waals surface area contributed by atoms with Crippen molar-refractivity contribution in [2.45, 2.75) is 59.5 Å². The van der Waals surface area contributed by atoms with Gasteiger partial charge in [-0.3, -0.25) is 10.1 Å². The third-order valence-corrected chi connectivity index (χ3v) is 4.58. The van der Waals surface area contributed by atoms with E-state index >= 15 is 0 Å². The summed E-state index contributed by atoms with van der Waals surface area (Å²) in [5.41, 5.74) is 2.40. The number of nitrogens with zero attached hydrogens (tertiary/aromatic N) is 1. The summed E-state index contributed by atoms with van der Waals surface area (Å²) in [5.74, 6) is 0.734. The van der Waals surface area contributed by atoms with Gasteiger partial charge >= 0.3 is 0 Å². The third kappa shape index (κ3) is 4.03. The van der Waals surface area contributed by atoms with Gasteiger partial charge in [0.05, 0.1) is 4.92 Å². The van der Waals surface area contributed by atoms with Gasteiger partial charge in [-0.1, -0.05) is 32.9 Å². The predicted molar refractivity (Wildman–Crippen MR) is 85.3 cm³/mol. The van der Waals surface area contributed by atoms with Crippen molar-refractivity contribution in [3.8, 4) is 0 Å². The fourth-order valence-electron chi connectivity index (χ4n) is 3.82. The molecule has 0 bridgehead atoms. The zero-order valence-corrected chi connectivity index (χ0v) is 13.5. The minimum atomic E-state index is -0.301. The summed E-state index contributed by atoms with van der Waals surface area (Å²) in [6.07, 6.45) is 3.64. The molecule has 1 aromatic rings. The molecule has 4 heteroatoms. The van der Waals surface area contributed by atoms with Gasteiger partial charge in [-0.25, -0.2) is 0 Å². The largest absolute Gasteiger partial charge is 0.310 e. The maximum absolute atomic E-state index is 11.0. The van der Waals surface area contributed by atoms with Crippen LogP contribution in [0.4, 0.5) is 5.69 Å². The molecule has 116 valence electrons. The first-order valence-electron chi connectivity index (χ1n) is 7.75. The second kappa shape index (κ2) is 6.14. The number of nitro benzene ring substituents is 1. The number of benzene rings is 1. The highest BCUT2D eigenvalue weighted by Gasteiger charge is 2.31. The molecule has 21 heavy (non-hydrogen) atoms. The van der Waals surface area contributed by atoms with Crippen LogP contribution in [0.2, 0.25) is 0 Å². The lowest BCUT2D eigenvalue weighted by Crippen LogP contribution is -2.39. The van der Waals surface area contributed by atoms with Crippen LogP contribution in [0.1, 0.15) is 51.2 Å². The van der Waals surface area contributed by atoms with Crippen molar-refractivity contribution in [2.24, 2.45) is 11.3 Å². The summed E-state index contributed by atoms with van der Waals surface area (Å²) in [6.45, 7) is 9.52. The van der Waals surface area contributed by atoms with Crippen LogP contribution < -0.4 is 5.32 Å². The highest BCUT2D eigenvalue weighted by molar-refractivity contribution is 5.44. The maximum atomic E-state index is 11.0. The van der Waals surface area contributed by atoms with E-state index in [4.69, 9.17) is 0 Å². The number of rotatable bonds is 4. The van der Waals surface area contributed by atoms with Crippen LogP contribution in [-0.4, -0.2) is 11.0 Å². The van der Waals surface area contributed by atoms with Gasteiger partial charge < -0.3 is 5.32 Å². The highest BCUT2D eigenvalue weighted by atomic mass is 16.6. The van der Waals surface area contributed by atoms with Gasteiger partial charge in [0.25, 0.3) is 5.69 Å². The Morgan fingerprint density at radius 3 is 2.71 bits per heavy atom. The summed E-state index contributed by atoms with van der Waals surface area (Å²) < 4.78 is 0. The molecular weight excluding hydrogens is 264 g/mol. The Hall–Kier alpha value is -1.42. The molecule has 0 heterocycles. The molecule has 2 rings (SSSR count). The summed E-state index contributed by atoms with van der Waals surface area (Å²) in [6, 6.07) is 5.83. The maximum Gasteiger partial charge on any atom is 0.272 e. The van der Waals surface area contributed by atoms with Crippen LogP contribution in [0, 0.1) is 28.4 Å². The molecule has 2 unspecified atom stereocenters. The average Bonchev–Trinajstić information content (AvgIpc) is 2.34. The summed E-state index contributed by atoms with van der Waals surface area (Å²) in [5, 5.41) is 14.6. The molecule has 0 aliphatic heterocycles. The summed E-state index contributed by atoms with van der Waals surface area (Å²) in [4.78, 5) is 10.7. The van der Waals surface area contributed by atoms with Crippen LogP contribution in [0.5, 0.6) is 0 Å². The van der Waals surface area contributed by atoms with Gasteiger partial charge in [0.15, 0.2) is 0 Å². The highest BCUT2D eigenvalue weighted by Crippen LogP contribution is 2.38. The van der Waals surface area contributed by atoms with Crippen LogP contribution in [0.25, 0.3) is 0 Å². The SMILES string of the molecule is Cc1c(CNC2CC(C)CC(C)(C)C2)cccc1[N+](=O)[O-]. The van der Waals surface area contributed by atoms with E-state index in [9.17, 15) is 10.1 Å². The Labute approximate surface area is 127 Å². The van der Waals surface area contributed by atoms with Crippen molar-refractivity contribution < 1.29 is 4.92 Å². The fourth-order valence-corrected chi connectivity index (χ4v) is 3.82. The van der Waals surface area contributed by atoms with E-state index in [2.05, 4.69) is 26.1 Å². The smallest absolute Gasteiger partial charge is 0.272 e. The molecule has 4 nitrogen and oxygen atoms in total. The van der Waals surface area contributed by atoms with Crippen LogP contribution in [-0.2, 0) is 6.54 Å². The molecule has 1 N–H and O–H groups in total. The zero-order chi connectivity index (χ0) is 15.6. The van der Waals surface area contributed by atoms with Crippen molar-refractivity contribution in [2.75, 3.05) is 0 Å². The molecule has 0 spiro atoms. The van der Waals surface area contributed by atoms with Crippen LogP contribution in [0.15, 0.2) is 18.2 Å². The number of hydrogen-bond acceptors (Lipinski definition) is 3. The van der Waals surface area contributed by atoms with Gasteiger partial charge in [0.2, 0.25) is 0 Å². The van der Waals surface area contributed by atoms with Gasteiger partial charge in [0.1, 0.15) is 0 Å². The molecule has 1 aliphatic carbocycles. The van der Waals surface area contributed by atoms with E-state index in [1.807, 2.05) is 13.0 Å². The summed E-state index contributed by atoms with van der Waals surface area (Å²) in [7, 11) is 0. The standard InChI is InChI=1S/C17H26N2O2/c1-12-8-15(10-17(3,4)9-12)18-11-14-6-5-7-16(13(14)2)19(20)21/h5-7,12,15,18H,8-11H2,1-4H3. The molecule has 1 saturated carbocycles. The predicted octanol–water partition coefficient (Wildman–Crippen LogP) is 4.21. The van der Waals surface area contributed by atoms with Crippen molar-refractivity contribution in [3.05, 3.63) is 39.4 Å². The van der Waals surface area contributed by atoms with Gasteiger partial charge in [-0.2, -0.15) is 0 Å². The molecule has 0 aromatic heterocycles. The molecule has 0 amide bonds. The monoisotopic (exact) mass is 290 g/mol. The first kappa shape index (κ1) is 16.0. The lowest BCUT2D eigenvalue weighted by molar-refractivity contribution is -0.385. The van der Waals surface area contributed by atoms with Gasteiger partial charge in [-0.15, -0.1) is 0 Å². The van der Waals surface area contributed by atoms with Crippen molar-refractivity contribution in [1.29, 1.82) is 0 Å². The minimum Gasteiger partial charge on any atom is -0.310 e. The number of hydrogen-bond donors (Lipinski definition) is 1. The van der Waals surface area contributed by atoms with Crippen LogP contribution >= 0.6 is 0 Å². The summed E-state index contributed by atoms with van der Waals surface area (Å²) >= 11 is 0. The van der Waals surface area contributed by atoms with E-state index in [0.29, 0.717) is 18.0 Å². The zero-order valence-electron chi connectivity index (χ0n) is 13.5. The van der Waals surface area contributed by atoms with Crippen LogP contribution in [0.3, 0.4) is 0 Å². The quantitative estimate of drug-likeness (QED) is 0.667. The van der Waals surface area contributed by atoms with Gasteiger partial charge in [0, 0.05) is 24.2 Å². The number of nitro groups is 1. The van der Waals surface area contributed by atoms with E-state index in [-0.39, 0.29) is 10.6 Å². The van der Waals surface area contributed by atoms with E-state index in [1.165, 1.54) is 19.3 Å². The normalized spacial score (nSPS) is 24.8. The van der Waals surface area contributed by atoms with Crippen molar-refractivity contribution in [1.82, 2.24) is 5.32 Å². The molecule has 1 aliphatic rings. The molecule has 2 atom stereocenters. The Morgan fingerprint density at radius 2 is 2.10 bits per heavy atom. The van der Waals surface area contributed by atoms with Gasteiger partial charge in [-0.05, 0) is 43.1 Å². The topological polar surface area (TPSA) is 55.2 Å². The van der Waals surface area contributed by atoms with E-state index in [0.717, 1.165) is 17.0 Å². The molecule has 1 fully saturated rings. The van der Waals surface area contributed by atoms with Crippen molar-refractivity contribution >= 4 is 5.69 Å². The molecule has 1 aromatic carbocycles. The molecule has 0 radical (unpaired) electrons. The Bertz CT molecular complexity index is 526. The average molecular weight is 290 g/mol. The number of nitrogens with one attached hydrogen (secondary N) is 1. The first-order valence-corrected chi connectivity index (χ1v) is 7.75. The second-order valence-electron chi connectivity index (χ2n) is 7.31. The first-order chi connectivity index (χ1) is 9.78. The Kier molecular flexibility index (Phi) is 4.67. The fraction of sp³-hybridized carbons (Fsp3) is 0.647. The van der Waals surface area contributed by atoms with E-state index in [1.54, 1.807) is 12.1 Å². The lowest BCUT2D eigenvalue weighted by atomic mass is 9.70. The molecular formula is C17H26N2O2. The Balaban J connectivity index is 2.03. The lowest BCUT2D eigenvalue weighted by Gasteiger charge is -2.39.